The zero-order chi connectivity index (χ0) is 21.8. The highest BCUT2D eigenvalue weighted by Gasteiger charge is 2.46. The highest BCUT2D eigenvalue weighted by Crippen LogP contribution is 2.32. The second kappa shape index (κ2) is 9.53. The van der Waals surface area contributed by atoms with Gasteiger partial charge < -0.3 is 5.32 Å². The molecule has 0 spiro atoms. The van der Waals surface area contributed by atoms with Gasteiger partial charge in [0.15, 0.2) is 11.0 Å². The second-order valence-corrected chi connectivity index (χ2v) is 8.28. The number of aromatic nitrogens is 2. The molecule has 0 saturated carbocycles. The van der Waals surface area contributed by atoms with Gasteiger partial charge in [-0.05, 0) is 60.6 Å². The molecule has 160 valence electrons. The molecule has 1 aliphatic rings. The van der Waals surface area contributed by atoms with Crippen molar-refractivity contribution in [2.75, 3.05) is 23.5 Å². The Balaban J connectivity index is 1.26. The maximum atomic E-state index is 14.6. The van der Waals surface area contributed by atoms with Crippen molar-refractivity contribution >= 4 is 40.8 Å². The monoisotopic (exact) mass is 457 g/mol. The third-order valence-electron chi connectivity index (χ3n) is 4.99. The van der Waals surface area contributed by atoms with Crippen molar-refractivity contribution in [1.82, 2.24) is 15.2 Å². The van der Waals surface area contributed by atoms with Crippen molar-refractivity contribution in [1.29, 1.82) is 0 Å². The van der Waals surface area contributed by atoms with Gasteiger partial charge in [0.25, 0.3) is 5.91 Å². The molecule has 2 heterocycles. The highest BCUT2D eigenvalue weighted by molar-refractivity contribution is 7.98. The number of hydrogen-bond donors (Lipinski definition) is 2. The highest BCUT2D eigenvalue weighted by atomic mass is 35.5. The number of nitrogens with zero attached hydrogens (tertiary/aromatic N) is 3. The third-order valence-corrected chi connectivity index (χ3v) is 5.99. The molecule has 9 heteroatoms. The van der Waals surface area contributed by atoms with Crippen molar-refractivity contribution in [2.24, 2.45) is 0 Å². The Hall–Kier alpha value is -2.84. The molecular weight excluding hydrogens is 437 g/mol. The molecule has 0 radical (unpaired) electrons. The van der Waals surface area contributed by atoms with Crippen LogP contribution in [0.2, 0.25) is 5.15 Å². The van der Waals surface area contributed by atoms with E-state index in [4.69, 9.17) is 11.6 Å². The molecule has 1 aliphatic heterocycles. The van der Waals surface area contributed by atoms with Crippen LogP contribution in [0, 0.1) is 5.82 Å². The topological polar surface area (TPSA) is 69.9 Å². The van der Waals surface area contributed by atoms with Gasteiger partial charge in [-0.2, -0.15) is 0 Å². The minimum absolute atomic E-state index is 0.000238. The number of thioether (sulfide) groups is 1. The number of nitrogens with one attached hydrogen (secondary N) is 2. The summed E-state index contributed by atoms with van der Waals surface area (Å²) < 4.78 is 14.6. The third kappa shape index (κ3) is 5.08. The minimum atomic E-state index is -0.291. The van der Waals surface area contributed by atoms with Crippen LogP contribution < -0.4 is 10.7 Å². The lowest BCUT2D eigenvalue weighted by Gasteiger charge is -2.11. The molecule has 1 aromatic heterocycles. The summed E-state index contributed by atoms with van der Waals surface area (Å²) in [6.07, 6.45) is 3.38. The summed E-state index contributed by atoms with van der Waals surface area (Å²) in [6, 6.07) is 16.2. The summed E-state index contributed by atoms with van der Waals surface area (Å²) >= 11 is 7.34. The first-order chi connectivity index (χ1) is 15.1. The number of amides is 1. The molecule has 0 aliphatic carbocycles. The van der Waals surface area contributed by atoms with Crippen LogP contribution in [-0.4, -0.2) is 40.0 Å². The standard InChI is InChI=1S/C22H21ClFN5OS/c1-31-19-7-3-2-5-15(19)14-8-9-17(16(24)13-14)25-12-4-6-18-22(30)29(18)28-21-11-10-20(23)26-27-21/h2-3,5,7-11,13,18,25H,4,6,12H2,1H3,(H,27,28). The molecule has 6 nitrogen and oxygen atoms in total. The number of carbonyl (C=O) groups is 1. The Morgan fingerprint density at radius 2 is 2.00 bits per heavy atom. The molecule has 3 aromatic rings. The Morgan fingerprint density at radius 3 is 2.74 bits per heavy atom. The molecule has 0 bridgehead atoms. The zero-order valence-corrected chi connectivity index (χ0v) is 18.4. The van der Waals surface area contributed by atoms with Gasteiger partial charge in [0.2, 0.25) is 0 Å². The second-order valence-electron chi connectivity index (χ2n) is 7.04. The Kier molecular flexibility index (Phi) is 6.58. The molecule has 1 amide bonds. The summed E-state index contributed by atoms with van der Waals surface area (Å²) in [7, 11) is 0. The Bertz CT molecular complexity index is 1080. The predicted molar refractivity (Wildman–Crippen MR) is 123 cm³/mol. The maximum absolute atomic E-state index is 14.6. The summed E-state index contributed by atoms with van der Waals surface area (Å²) in [5, 5.41) is 12.5. The number of carbonyl (C=O) groups excluding carboxylic acids is 1. The van der Waals surface area contributed by atoms with Gasteiger partial charge in [0.05, 0.1) is 5.69 Å². The van der Waals surface area contributed by atoms with Gasteiger partial charge in [-0.15, -0.1) is 22.0 Å². The van der Waals surface area contributed by atoms with E-state index in [1.807, 2.05) is 36.6 Å². The van der Waals surface area contributed by atoms with Crippen LogP contribution in [0.1, 0.15) is 12.8 Å². The van der Waals surface area contributed by atoms with Crippen LogP contribution >= 0.6 is 23.4 Å². The molecule has 2 N–H and O–H groups in total. The summed E-state index contributed by atoms with van der Waals surface area (Å²) in [5.41, 5.74) is 5.24. The van der Waals surface area contributed by atoms with E-state index in [9.17, 15) is 9.18 Å². The van der Waals surface area contributed by atoms with E-state index in [-0.39, 0.29) is 17.8 Å². The van der Waals surface area contributed by atoms with Crippen molar-refractivity contribution in [3.05, 3.63) is 65.6 Å². The number of benzene rings is 2. The number of halogens is 2. The Morgan fingerprint density at radius 1 is 1.16 bits per heavy atom. The zero-order valence-electron chi connectivity index (χ0n) is 16.8. The van der Waals surface area contributed by atoms with Gasteiger partial charge in [-0.1, -0.05) is 35.9 Å². The first-order valence-corrected chi connectivity index (χ1v) is 11.4. The SMILES string of the molecule is CSc1ccccc1-c1ccc(NCCCC2C(=O)N2Nc2ccc(Cl)nn2)c(F)c1. The fourth-order valence-electron chi connectivity index (χ4n) is 3.33. The van der Waals surface area contributed by atoms with E-state index in [1.54, 1.807) is 36.0 Å². The molecular formula is C22H21ClFN5OS. The van der Waals surface area contributed by atoms with E-state index in [0.717, 1.165) is 22.4 Å². The van der Waals surface area contributed by atoms with Crippen LogP contribution in [0.25, 0.3) is 11.1 Å². The molecule has 4 rings (SSSR count). The summed E-state index contributed by atoms with van der Waals surface area (Å²) in [5.74, 6) is 0.170. The number of anilines is 2. The molecule has 1 atom stereocenters. The van der Waals surface area contributed by atoms with Crippen molar-refractivity contribution in [3.8, 4) is 11.1 Å². The normalized spacial score (nSPS) is 15.1. The van der Waals surface area contributed by atoms with Crippen LogP contribution in [0.5, 0.6) is 0 Å². The van der Waals surface area contributed by atoms with Gasteiger partial charge in [0.1, 0.15) is 11.9 Å². The lowest BCUT2D eigenvalue weighted by atomic mass is 10.0. The predicted octanol–water partition coefficient (Wildman–Crippen LogP) is 5.09. The smallest absolute Gasteiger partial charge is 0.266 e. The number of rotatable bonds is 9. The van der Waals surface area contributed by atoms with Gasteiger partial charge >= 0.3 is 0 Å². The quantitative estimate of drug-likeness (QED) is 0.265. The maximum Gasteiger partial charge on any atom is 0.266 e. The Labute approximate surface area is 189 Å². The van der Waals surface area contributed by atoms with Crippen LogP contribution in [0.15, 0.2) is 59.5 Å². The van der Waals surface area contributed by atoms with Crippen LogP contribution in [0.3, 0.4) is 0 Å². The van der Waals surface area contributed by atoms with E-state index < -0.39 is 0 Å². The van der Waals surface area contributed by atoms with Gasteiger partial charge in [-0.3, -0.25) is 10.2 Å². The van der Waals surface area contributed by atoms with Crippen molar-refractivity contribution in [2.45, 2.75) is 23.8 Å². The van der Waals surface area contributed by atoms with E-state index in [1.165, 1.54) is 5.01 Å². The fourth-order valence-corrected chi connectivity index (χ4v) is 4.05. The first kappa shape index (κ1) is 21.4. The van der Waals surface area contributed by atoms with E-state index in [2.05, 4.69) is 20.9 Å². The largest absolute Gasteiger partial charge is 0.383 e. The molecule has 1 saturated heterocycles. The van der Waals surface area contributed by atoms with Crippen molar-refractivity contribution < 1.29 is 9.18 Å². The molecule has 1 fully saturated rings. The van der Waals surface area contributed by atoms with Gasteiger partial charge in [0, 0.05) is 11.4 Å². The average Bonchev–Trinajstić information content (AvgIpc) is 3.40. The summed E-state index contributed by atoms with van der Waals surface area (Å²) in [4.78, 5) is 13.0. The lowest BCUT2D eigenvalue weighted by molar-refractivity contribution is -0.113. The van der Waals surface area contributed by atoms with Crippen LogP contribution in [-0.2, 0) is 4.79 Å². The lowest BCUT2D eigenvalue weighted by Crippen LogP contribution is -2.13. The number of hydrogen-bond acceptors (Lipinski definition) is 6. The summed E-state index contributed by atoms with van der Waals surface area (Å²) in [6.45, 7) is 0.566. The van der Waals surface area contributed by atoms with Gasteiger partial charge in [-0.25, -0.2) is 9.40 Å². The van der Waals surface area contributed by atoms with Crippen molar-refractivity contribution in [3.63, 3.8) is 0 Å². The van der Waals surface area contributed by atoms with Crippen LogP contribution in [0.4, 0.5) is 15.9 Å². The molecule has 2 aromatic carbocycles. The molecule has 31 heavy (non-hydrogen) atoms. The first-order valence-electron chi connectivity index (χ1n) is 9.82. The fraction of sp³-hybridized carbons (Fsp3) is 0.227. The average molecular weight is 458 g/mol. The molecule has 1 unspecified atom stereocenters. The van der Waals surface area contributed by atoms with E-state index in [0.29, 0.717) is 29.6 Å². The minimum Gasteiger partial charge on any atom is -0.383 e. The number of hydrazine groups is 1. The van der Waals surface area contributed by atoms with E-state index >= 15 is 0 Å².